The lowest BCUT2D eigenvalue weighted by Crippen LogP contribution is -2.12. The number of aliphatic hydroxyl groups excluding tert-OH is 1. The van der Waals surface area contributed by atoms with Crippen molar-refractivity contribution in [1.82, 2.24) is 0 Å². The fourth-order valence-corrected chi connectivity index (χ4v) is 2.84. The van der Waals surface area contributed by atoms with E-state index in [4.69, 9.17) is 0 Å². The second kappa shape index (κ2) is 3.04. The molecule has 1 fully saturated rings. The van der Waals surface area contributed by atoms with Gasteiger partial charge >= 0.3 is 0 Å². The molecule has 1 aliphatic rings. The van der Waals surface area contributed by atoms with Crippen molar-refractivity contribution in [2.45, 2.75) is 39.5 Å². The van der Waals surface area contributed by atoms with Crippen molar-refractivity contribution in [2.75, 3.05) is 0 Å². The van der Waals surface area contributed by atoms with E-state index in [1.807, 2.05) is 26.8 Å². The Balaban J connectivity index is 2.27. The fraction of sp³-hybridized carbons (Fsp3) is 0.636. The summed E-state index contributed by atoms with van der Waals surface area (Å²) in [5, 5.41) is 10.1. The highest BCUT2D eigenvalue weighted by atomic mass is 32.1. The first-order valence-electron chi connectivity index (χ1n) is 4.84. The van der Waals surface area contributed by atoms with Gasteiger partial charge in [-0.3, -0.25) is 0 Å². The molecule has 1 saturated carbocycles. The molecular formula is C11H15FOS. The third-order valence-corrected chi connectivity index (χ3v) is 4.15. The van der Waals surface area contributed by atoms with Crippen LogP contribution in [-0.4, -0.2) is 11.3 Å². The maximum Gasteiger partial charge on any atom is 0.109 e. The Kier molecular flexibility index (Phi) is 2.20. The number of hydrogen-bond donors (Lipinski definition) is 1. The minimum Gasteiger partial charge on any atom is -0.388 e. The van der Waals surface area contributed by atoms with Gasteiger partial charge in [0.2, 0.25) is 0 Å². The molecule has 2 rings (SSSR count). The molecule has 1 N–H and O–H groups in total. The van der Waals surface area contributed by atoms with Crippen LogP contribution < -0.4 is 0 Å². The first-order valence-corrected chi connectivity index (χ1v) is 5.66. The van der Waals surface area contributed by atoms with Crippen LogP contribution in [0.15, 0.2) is 6.07 Å². The van der Waals surface area contributed by atoms with Gasteiger partial charge < -0.3 is 5.11 Å². The molecule has 3 atom stereocenters. The summed E-state index contributed by atoms with van der Waals surface area (Å²) < 4.78 is 13.1. The van der Waals surface area contributed by atoms with Crippen LogP contribution in [0, 0.1) is 19.3 Å². The average molecular weight is 214 g/mol. The van der Waals surface area contributed by atoms with Gasteiger partial charge in [-0.15, -0.1) is 11.3 Å². The predicted molar refractivity (Wildman–Crippen MR) is 56.4 cm³/mol. The molecule has 1 heterocycles. The second-order valence-corrected chi connectivity index (χ2v) is 5.91. The first kappa shape index (κ1) is 10.1. The summed E-state index contributed by atoms with van der Waals surface area (Å²) in [6, 6.07) is 1.97. The molecule has 1 aliphatic carbocycles. The van der Waals surface area contributed by atoms with Crippen LogP contribution >= 0.6 is 11.3 Å². The summed E-state index contributed by atoms with van der Waals surface area (Å²) in [7, 11) is 0. The molecule has 0 amide bonds. The lowest BCUT2D eigenvalue weighted by Gasteiger charge is -2.17. The topological polar surface area (TPSA) is 20.2 Å². The Morgan fingerprint density at radius 2 is 2.21 bits per heavy atom. The van der Waals surface area contributed by atoms with Crippen molar-refractivity contribution in [3.8, 4) is 0 Å². The van der Waals surface area contributed by atoms with E-state index >= 15 is 0 Å². The van der Waals surface area contributed by atoms with Crippen LogP contribution in [0.4, 0.5) is 4.39 Å². The molecule has 0 saturated heterocycles. The van der Waals surface area contributed by atoms with E-state index in [0.29, 0.717) is 6.42 Å². The summed E-state index contributed by atoms with van der Waals surface area (Å²) in [6.07, 6.45) is -0.984. The van der Waals surface area contributed by atoms with Gasteiger partial charge in [0.15, 0.2) is 0 Å². The number of aliphatic hydroxyl groups is 1. The molecule has 3 unspecified atom stereocenters. The number of aryl methyl sites for hydroxylation is 2. The first-order chi connectivity index (χ1) is 6.45. The molecule has 0 radical (unpaired) electrons. The zero-order valence-corrected chi connectivity index (χ0v) is 9.49. The Morgan fingerprint density at radius 3 is 2.57 bits per heavy atom. The molecule has 78 valence electrons. The molecule has 3 heteroatoms. The number of hydrogen-bond acceptors (Lipinski definition) is 2. The molecule has 1 nitrogen and oxygen atoms in total. The summed E-state index contributed by atoms with van der Waals surface area (Å²) in [5.41, 5.74) is 0.383. The van der Waals surface area contributed by atoms with Crippen LogP contribution in [0.1, 0.15) is 34.8 Å². The standard InChI is InChI=1S/C11H15FOS/c1-6-4-8(7(2)14-6)10(13)11(3)5-9(11)12/h4,9-10,13H,5H2,1-3H3. The minimum absolute atomic E-state index is 0.489. The van der Waals surface area contributed by atoms with Crippen molar-refractivity contribution in [1.29, 1.82) is 0 Å². The molecule has 0 aliphatic heterocycles. The SMILES string of the molecule is Cc1cc(C(O)C2(C)CC2F)c(C)s1. The van der Waals surface area contributed by atoms with Gasteiger partial charge in [-0.1, -0.05) is 6.92 Å². The van der Waals surface area contributed by atoms with Gasteiger partial charge in [0.1, 0.15) is 6.17 Å². The Labute approximate surface area is 87.6 Å². The summed E-state index contributed by atoms with van der Waals surface area (Å²) in [5.74, 6) is 0. The summed E-state index contributed by atoms with van der Waals surface area (Å²) >= 11 is 1.66. The van der Waals surface area contributed by atoms with Crippen molar-refractivity contribution < 1.29 is 9.50 Å². The van der Waals surface area contributed by atoms with E-state index in [9.17, 15) is 9.50 Å². The normalized spacial score (nSPS) is 33.1. The maximum absolute atomic E-state index is 13.1. The predicted octanol–water partition coefficient (Wildman–Crippen LogP) is 3.15. The minimum atomic E-state index is -0.836. The van der Waals surface area contributed by atoms with Crippen LogP contribution in [0.25, 0.3) is 0 Å². The fourth-order valence-electron chi connectivity index (χ4n) is 1.89. The Hall–Kier alpha value is -0.410. The van der Waals surface area contributed by atoms with Crippen LogP contribution in [0.2, 0.25) is 0 Å². The highest BCUT2D eigenvalue weighted by Gasteiger charge is 2.56. The zero-order valence-electron chi connectivity index (χ0n) is 8.67. The number of alkyl halides is 1. The molecule has 0 aromatic carbocycles. The van der Waals surface area contributed by atoms with E-state index in [0.717, 1.165) is 10.4 Å². The van der Waals surface area contributed by atoms with Crippen LogP contribution in [-0.2, 0) is 0 Å². The van der Waals surface area contributed by atoms with E-state index in [-0.39, 0.29) is 0 Å². The monoisotopic (exact) mass is 214 g/mol. The van der Waals surface area contributed by atoms with E-state index in [2.05, 4.69) is 0 Å². The van der Waals surface area contributed by atoms with E-state index in [1.165, 1.54) is 4.88 Å². The molecule has 0 bridgehead atoms. The smallest absolute Gasteiger partial charge is 0.109 e. The Bertz CT molecular complexity index is 360. The maximum atomic E-state index is 13.1. The molecule has 0 spiro atoms. The quantitative estimate of drug-likeness (QED) is 0.801. The lowest BCUT2D eigenvalue weighted by molar-refractivity contribution is 0.0873. The third-order valence-electron chi connectivity index (χ3n) is 3.17. The summed E-state index contributed by atoms with van der Waals surface area (Å²) in [6.45, 7) is 5.81. The van der Waals surface area contributed by atoms with Crippen molar-refractivity contribution in [3.05, 3.63) is 21.4 Å². The van der Waals surface area contributed by atoms with Gasteiger partial charge in [-0.2, -0.15) is 0 Å². The van der Waals surface area contributed by atoms with Crippen molar-refractivity contribution in [3.63, 3.8) is 0 Å². The van der Waals surface area contributed by atoms with Gasteiger partial charge in [0.25, 0.3) is 0 Å². The van der Waals surface area contributed by atoms with Crippen molar-refractivity contribution in [2.24, 2.45) is 5.41 Å². The summed E-state index contributed by atoms with van der Waals surface area (Å²) in [4.78, 5) is 2.28. The van der Waals surface area contributed by atoms with Gasteiger partial charge in [-0.05, 0) is 31.9 Å². The largest absolute Gasteiger partial charge is 0.388 e. The number of thiophene rings is 1. The number of rotatable bonds is 2. The van der Waals surface area contributed by atoms with Gasteiger partial charge in [0.05, 0.1) is 6.10 Å². The molecular weight excluding hydrogens is 199 g/mol. The van der Waals surface area contributed by atoms with Crippen molar-refractivity contribution >= 4 is 11.3 Å². The third kappa shape index (κ3) is 1.39. The molecule has 1 aromatic rings. The highest BCUT2D eigenvalue weighted by Crippen LogP contribution is 2.57. The van der Waals surface area contributed by atoms with Gasteiger partial charge in [-0.25, -0.2) is 4.39 Å². The second-order valence-electron chi connectivity index (χ2n) is 4.45. The average Bonchev–Trinajstić information content (AvgIpc) is 2.54. The van der Waals surface area contributed by atoms with E-state index in [1.54, 1.807) is 11.3 Å². The zero-order chi connectivity index (χ0) is 10.5. The number of halogens is 1. The van der Waals surface area contributed by atoms with Gasteiger partial charge in [0, 0.05) is 15.2 Å². The lowest BCUT2D eigenvalue weighted by atomic mass is 9.95. The van der Waals surface area contributed by atoms with Crippen LogP contribution in [0.3, 0.4) is 0 Å². The Morgan fingerprint density at radius 1 is 1.64 bits per heavy atom. The highest BCUT2D eigenvalue weighted by molar-refractivity contribution is 7.12. The van der Waals surface area contributed by atoms with E-state index < -0.39 is 17.7 Å². The molecule has 1 aromatic heterocycles. The van der Waals surface area contributed by atoms with Crippen LogP contribution in [0.5, 0.6) is 0 Å². The molecule has 14 heavy (non-hydrogen) atoms.